The maximum atomic E-state index is 12.7. The molecule has 0 spiro atoms. The van der Waals surface area contributed by atoms with Crippen LogP contribution < -0.4 is 5.32 Å². The van der Waals surface area contributed by atoms with Gasteiger partial charge in [0, 0.05) is 11.3 Å². The van der Waals surface area contributed by atoms with Gasteiger partial charge in [-0.25, -0.2) is 0 Å². The zero-order valence-electron chi connectivity index (χ0n) is 12.7. The van der Waals surface area contributed by atoms with Crippen molar-refractivity contribution in [1.82, 2.24) is 14.8 Å². The SMILES string of the molecule is Cc1ccc(Nc2nc(Br)nn2C(=O)c2ccccc2C)cc1. The molecule has 0 fully saturated rings. The molecule has 1 heterocycles. The van der Waals surface area contributed by atoms with Gasteiger partial charge >= 0.3 is 0 Å². The Balaban J connectivity index is 1.96. The van der Waals surface area contributed by atoms with Crippen molar-refractivity contribution in [3.8, 4) is 0 Å². The number of carbonyl (C=O) groups is 1. The lowest BCUT2D eigenvalue weighted by atomic mass is 10.1. The minimum absolute atomic E-state index is 0.226. The van der Waals surface area contributed by atoms with Gasteiger partial charge in [-0.05, 0) is 53.5 Å². The number of carbonyl (C=O) groups excluding carboxylic acids is 1. The topological polar surface area (TPSA) is 59.8 Å². The fraction of sp³-hybridized carbons (Fsp3) is 0.118. The van der Waals surface area contributed by atoms with Crippen LogP contribution in [0.4, 0.5) is 11.6 Å². The summed E-state index contributed by atoms with van der Waals surface area (Å²) in [7, 11) is 0. The van der Waals surface area contributed by atoms with Gasteiger partial charge in [-0.1, -0.05) is 35.9 Å². The standard InChI is InChI=1S/C17H15BrN4O/c1-11-7-9-13(10-8-11)19-17-20-16(18)21-22(17)15(23)14-6-4-3-5-12(14)2/h3-10H,1-2H3,(H,19,20,21). The van der Waals surface area contributed by atoms with E-state index in [0.29, 0.717) is 16.2 Å². The van der Waals surface area contributed by atoms with Crippen LogP contribution >= 0.6 is 15.9 Å². The Morgan fingerprint density at radius 3 is 2.48 bits per heavy atom. The molecule has 3 rings (SSSR count). The van der Waals surface area contributed by atoms with Gasteiger partial charge in [0.05, 0.1) is 0 Å². The first-order chi connectivity index (χ1) is 11.0. The molecule has 2 aromatic carbocycles. The summed E-state index contributed by atoms with van der Waals surface area (Å²) in [5.41, 5.74) is 3.49. The molecule has 0 aliphatic carbocycles. The van der Waals surface area contributed by atoms with Crippen molar-refractivity contribution >= 4 is 33.5 Å². The Kier molecular flexibility index (Phi) is 4.25. The van der Waals surface area contributed by atoms with Crippen molar-refractivity contribution in [1.29, 1.82) is 0 Å². The van der Waals surface area contributed by atoms with E-state index in [2.05, 4.69) is 31.3 Å². The largest absolute Gasteiger partial charge is 0.324 e. The number of benzene rings is 2. The highest BCUT2D eigenvalue weighted by atomic mass is 79.9. The second kappa shape index (κ2) is 6.34. The van der Waals surface area contributed by atoms with Crippen LogP contribution in [0.15, 0.2) is 53.3 Å². The molecule has 0 aliphatic heterocycles. The van der Waals surface area contributed by atoms with Gasteiger partial charge in [0.1, 0.15) is 0 Å². The fourth-order valence-electron chi connectivity index (χ4n) is 2.20. The molecule has 0 unspecified atom stereocenters. The molecule has 116 valence electrons. The van der Waals surface area contributed by atoms with Crippen molar-refractivity contribution in [3.63, 3.8) is 0 Å². The second-order valence-corrected chi connectivity index (χ2v) is 5.94. The molecule has 6 heteroatoms. The first-order valence-corrected chi connectivity index (χ1v) is 7.90. The lowest BCUT2D eigenvalue weighted by molar-refractivity contribution is 0.0946. The molecular formula is C17H15BrN4O. The Hall–Kier alpha value is -2.47. The van der Waals surface area contributed by atoms with Crippen LogP contribution in [0.2, 0.25) is 0 Å². The van der Waals surface area contributed by atoms with Gasteiger partial charge in [0.25, 0.3) is 5.91 Å². The number of hydrogen-bond acceptors (Lipinski definition) is 4. The maximum absolute atomic E-state index is 12.7. The zero-order valence-corrected chi connectivity index (χ0v) is 14.3. The fourth-order valence-corrected chi connectivity index (χ4v) is 2.53. The monoisotopic (exact) mass is 370 g/mol. The second-order valence-electron chi connectivity index (χ2n) is 5.23. The minimum atomic E-state index is -0.226. The summed E-state index contributed by atoms with van der Waals surface area (Å²) >= 11 is 3.23. The molecule has 0 saturated heterocycles. The van der Waals surface area contributed by atoms with Crippen LogP contribution in [-0.2, 0) is 0 Å². The van der Waals surface area contributed by atoms with Crippen LogP contribution in [-0.4, -0.2) is 20.7 Å². The van der Waals surface area contributed by atoms with Gasteiger partial charge in [0.15, 0.2) is 0 Å². The molecular weight excluding hydrogens is 356 g/mol. The number of aromatic nitrogens is 3. The first kappa shape index (κ1) is 15.4. The van der Waals surface area contributed by atoms with E-state index in [0.717, 1.165) is 16.8 Å². The van der Waals surface area contributed by atoms with Crippen molar-refractivity contribution < 1.29 is 4.79 Å². The molecule has 0 bridgehead atoms. The number of rotatable bonds is 3. The Morgan fingerprint density at radius 1 is 1.09 bits per heavy atom. The number of nitrogens with one attached hydrogen (secondary N) is 1. The van der Waals surface area contributed by atoms with Crippen molar-refractivity contribution in [2.45, 2.75) is 13.8 Å². The highest BCUT2D eigenvalue weighted by molar-refractivity contribution is 9.10. The Labute approximate surface area is 142 Å². The average Bonchev–Trinajstić information content (AvgIpc) is 2.90. The maximum Gasteiger partial charge on any atom is 0.281 e. The number of halogens is 1. The summed E-state index contributed by atoms with van der Waals surface area (Å²) in [5, 5.41) is 7.28. The number of anilines is 2. The molecule has 1 aromatic heterocycles. The summed E-state index contributed by atoms with van der Waals surface area (Å²) in [6, 6.07) is 15.2. The predicted octanol–water partition coefficient (Wildman–Crippen LogP) is 4.09. The lowest BCUT2D eigenvalue weighted by Crippen LogP contribution is -2.17. The molecule has 23 heavy (non-hydrogen) atoms. The number of aryl methyl sites for hydroxylation is 2. The van der Waals surface area contributed by atoms with Crippen molar-refractivity contribution in [2.24, 2.45) is 0 Å². The zero-order chi connectivity index (χ0) is 16.4. The highest BCUT2D eigenvalue weighted by Gasteiger charge is 2.18. The minimum Gasteiger partial charge on any atom is -0.324 e. The molecule has 0 aliphatic rings. The molecule has 3 aromatic rings. The third-order valence-corrected chi connectivity index (χ3v) is 3.79. The number of nitrogens with zero attached hydrogens (tertiary/aromatic N) is 3. The van der Waals surface area contributed by atoms with Gasteiger partial charge in [-0.15, -0.1) is 5.10 Å². The molecule has 0 radical (unpaired) electrons. The van der Waals surface area contributed by atoms with E-state index in [-0.39, 0.29) is 5.91 Å². The molecule has 0 atom stereocenters. The first-order valence-electron chi connectivity index (χ1n) is 7.11. The van der Waals surface area contributed by atoms with E-state index in [1.54, 1.807) is 6.07 Å². The van der Waals surface area contributed by atoms with Crippen LogP contribution in [0, 0.1) is 13.8 Å². The van der Waals surface area contributed by atoms with E-state index in [9.17, 15) is 4.79 Å². The van der Waals surface area contributed by atoms with Crippen LogP contribution in [0.25, 0.3) is 0 Å². The van der Waals surface area contributed by atoms with Gasteiger partial charge in [-0.3, -0.25) is 4.79 Å². The predicted molar refractivity (Wildman–Crippen MR) is 93.1 cm³/mol. The Morgan fingerprint density at radius 2 is 1.78 bits per heavy atom. The normalized spacial score (nSPS) is 10.6. The van der Waals surface area contributed by atoms with Crippen LogP contribution in [0.5, 0.6) is 0 Å². The Bertz CT molecular complexity index is 855. The highest BCUT2D eigenvalue weighted by Crippen LogP contribution is 2.19. The summed E-state index contributed by atoms with van der Waals surface area (Å²) in [6.07, 6.45) is 0. The summed E-state index contributed by atoms with van der Waals surface area (Å²) in [6.45, 7) is 3.91. The molecule has 0 amide bonds. The van der Waals surface area contributed by atoms with E-state index in [1.807, 2.05) is 56.3 Å². The average molecular weight is 371 g/mol. The van der Waals surface area contributed by atoms with E-state index in [1.165, 1.54) is 4.68 Å². The quantitative estimate of drug-likeness (QED) is 0.754. The van der Waals surface area contributed by atoms with Crippen molar-refractivity contribution in [2.75, 3.05) is 5.32 Å². The van der Waals surface area contributed by atoms with Gasteiger partial charge < -0.3 is 5.32 Å². The number of hydrogen-bond donors (Lipinski definition) is 1. The smallest absolute Gasteiger partial charge is 0.281 e. The van der Waals surface area contributed by atoms with Crippen LogP contribution in [0.3, 0.4) is 0 Å². The third-order valence-electron chi connectivity index (χ3n) is 3.46. The third kappa shape index (κ3) is 3.32. The van der Waals surface area contributed by atoms with E-state index in [4.69, 9.17) is 0 Å². The summed E-state index contributed by atoms with van der Waals surface area (Å²) in [4.78, 5) is 17.0. The van der Waals surface area contributed by atoms with Crippen LogP contribution in [0.1, 0.15) is 21.5 Å². The molecule has 5 nitrogen and oxygen atoms in total. The molecule has 1 N–H and O–H groups in total. The van der Waals surface area contributed by atoms with E-state index < -0.39 is 0 Å². The lowest BCUT2D eigenvalue weighted by Gasteiger charge is -2.09. The van der Waals surface area contributed by atoms with Gasteiger partial charge in [-0.2, -0.15) is 9.67 Å². The summed E-state index contributed by atoms with van der Waals surface area (Å²) in [5.74, 6) is 0.143. The van der Waals surface area contributed by atoms with Crippen molar-refractivity contribution in [3.05, 3.63) is 70.0 Å². The van der Waals surface area contributed by atoms with Gasteiger partial charge in [0.2, 0.25) is 10.7 Å². The van der Waals surface area contributed by atoms with E-state index >= 15 is 0 Å². The summed E-state index contributed by atoms with van der Waals surface area (Å²) < 4.78 is 1.63. The molecule has 0 saturated carbocycles.